The molecule has 2 aromatic carbocycles. The van der Waals surface area contributed by atoms with Crippen molar-refractivity contribution in [3.8, 4) is 11.1 Å². The number of rotatable bonds is 6. The van der Waals surface area contributed by atoms with Gasteiger partial charge in [0.25, 0.3) is 5.56 Å². The summed E-state index contributed by atoms with van der Waals surface area (Å²) in [5.74, 6) is -3.99. The number of hydrogen-bond donors (Lipinski definition) is 2. The van der Waals surface area contributed by atoms with Gasteiger partial charge in [0.1, 0.15) is 5.82 Å². The second-order valence-electron chi connectivity index (χ2n) is 7.76. The second kappa shape index (κ2) is 9.23. The molecule has 2 unspecified atom stereocenters. The van der Waals surface area contributed by atoms with E-state index in [2.05, 4.69) is 0 Å². The van der Waals surface area contributed by atoms with Crippen LogP contribution in [0.3, 0.4) is 0 Å². The van der Waals surface area contributed by atoms with Crippen LogP contribution in [0.4, 0.5) is 17.6 Å². The average Bonchev–Trinajstić information content (AvgIpc) is 2.77. The molecule has 0 amide bonds. The maximum absolute atomic E-state index is 14.2. The molecular weight excluding hydrogens is 478 g/mol. The van der Waals surface area contributed by atoms with Gasteiger partial charge in [-0.15, -0.1) is 0 Å². The molecule has 180 valence electrons. The van der Waals surface area contributed by atoms with Crippen LogP contribution in [0.5, 0.6) is 0 Å². The van der Waals surface area contributed by atoms with Gasteiger partial charge in [0.05, 0.1) is 5.56 Å². The third-order valence-electron chi connectivity index (χ3n) is 5.82. The van der Waals surface area contributed by atoms with Gasteiger partial charge in [-0.1, -0.05) is 36.7 Å². The third-order valence-corrected chi connectivity index (χ3v) is 6.15. The molecule has 0 saturated carbocycles. The van der Waals surface area contributed by atoms with Crippen LogP contribution in [-0.4, -0.2) is 26.9 Å². The molecule has 1 heterocycles. The first-order chi connectivity index (χ1) is 15.8. The fourth-order valence-electron chi connectivity index (χ4n) is 3.81. The molecule has 0 fully saturated rings. The highest BCUT2D eigenvalue weighted by molar-refractivity contribution is 6.31. The lowest BCUT2D eigenvalue weighted by Gasteiger charge is -2.37. The van der Waals surface area contributed by atoms with Gasteiger partial charge in [-0.05, 0) is 47.9 Å². The van der Waals surface area contributed by atoms with Crippen LogP contribution < -0.4 is 5.56 Å². The molecule has 0 bridgehead atoms. The Labute approximate surface area is 196 Å². The lowest BCUT2D eigenvalue weighted by atomic mass is 9.78. The van der Waals surface area contributed by atoms with Crippen LogP contribution in [0.15, 0.2) is 59.5 Å². The lowest BCUT2D eigenvalue weighted by molar-refractivity contribution is -0.274. The number of pyridine rings is 1. The summed E-state index contributed by atoms with van der Waals surface area (Å²) in [6.07, 6.45) is -4.14. The van der Waals surface area contributed by atoms with E-state index in [1.807, 2.05) is 0 Å². The number of carboxylic acid groups (broad SMARTS) is 1. The number of aliphatic hydroxyl groups is 1. The van der Waals surface area contributed by atoms with Crippen LogP contribution in [-0.2, 0) is 12.1 Å². The summed E-state index contributed by atoms with van der Waals surface area (Å²) in [6.45, 7) is 2.86. The smallest absolute Gasteiger partial charge is 0.422 e. The van der Waals surface area contributed by atoms with Gasteiger partial charge in [-0.2, -0.15) is 13.2 Å². The molecular formula is C24H20ClF4NO4. The highest BCUT2D eigenvalue weighted by Crippen LogP contribution is 2.49. The van der Waals surface area contributed by atoms with Crippen molar-refractivity contribution < 1.29 is 32.6 Å². The molecule has 10 heteroatoms. The van der Waals surface area contributed by atoms with E-state index in [4.69, 9.17) is 16.7 Å². The van der Waals surface area contributed by atoms with Gasteiger partial charge in [-0.25, -0.2) is 9.18 Å². The lowest BCUT2D eigenvalue weighted by Crippen LogP contribution is -2.47. The average molecular weight is 498 g/mol. The number of nitrogens with zero attached hydrogens (tertiary/aromatic N) is 1. The number of carbonyl (C=O) groups is 1. The maximum Gasteiger partial charge on any atom is 0.422 e. The van der Waals surface area contributed by atoms with Crippen molar-refractivity contribution in [2.45, 2.75) is 38.1 Å². The summed E-state index contributed by atoms with van der Waals surface area (Å²) >= 11 is 6.30. The normalized spacial score (nSPS) is 14.5. The van der Waals surface area contributed by atoms with Crippen molar-refractivity contribution in [2.24, 2.45) is 0 Å². The van der Waals surface area contributed by atoms with Crippen LogP contribution in [0.1, 0.15) is 41.3 Å². The number of aromatic nitrogens is 1. The topological polar surface area (TPSA) is 79.5 Å². The van der Waals surface area contributed by atoms with Crippen molar-refractivity contribution >= 4 is 17.6 Å². The van der Waals surface area contributed by atoms with E-state index in [9.17, 15) is 32.3 Å². The summed E-state index contributed by atoms with van der Waals surface area (Å²) in [6, 6.07) is 9.30. The second-order valence-corrected chi connectivity index (χ2v) is 8.17. The SMILES string of the molecule is CCn1cc(C(O)(C(C)c2ccc(-c3ccc(C(=O)O)c(F)c3)cc2Cl)C(F)(F)F)ccc1=O. The summed E-state index contributed by atoms with van der Waals surface area (Å²) in [7, 11) is 0. The molecule has 0 spiro atoms. The number of aromatic carboxylic acids is 1. The monoisotopic (exact) mass is 497 g/mol. The van der Waals surface area contributed by atoms with Crippen molar-refractivity contribution in [1.29, 1.82) is 0 Å². The predicted molar refractivity (Wildman–Crippen MR) is 119 cm³/mol. The van der Waals surface area contributed by atoms with E-state index < -0.39 is 46.2 Å². The highest BCUT2D eigenvalue weighted by Gasteiger charge is 2.59. The Morgan fingerprint density at radius 2 is 1.71 bits per heavy atom. The predicted octanol–water partition coefficient (Wildman–Crippen LogP) is 5.58. The molecule has 3 rings (SSSR count). The summed E-state index contributed by atoms with van der Waals surface area (Å²) in [5.41, 5.74) is -4.33. The minimum absolute atomic E-state index is 0.0258. The first-order valence-electron chi connectivity index (χ1n) is 10.1. The van der Waals surface area contributed by atoms with Crippen LogP contribution in [0, 0.1) is 5.82 Å². The fraction of sp³-hybridized carbons (Fsp3) is 0.250. The van der Waals surface area contributed by atoms with Crippen molar-refractivity contribution in [3.05, 3.63) is 92.6 Å². The molecule has 0 aliphatic carbocycles. The number of aryl methyl sites for hydroxylation is 1. The maximum atomic E-state index is 14.2. The number of hydrogen-bond acceptors (Lipinski definition) is 3. The van der Waals surface area contributed by atoms with E-state index in [1.54, 1.807) is 6.92 Å². The Hall–Kier alpha value is -3.17. The Morgan fingerprint density at radius 1 is 1.09 bits per heavy atom. The number of alkyl halides is 3. The van der Waals surface area contributed by atoms with Crippen LogP contribution in [0.2, 0.25) is 5.02 Å². The molecule has 5 nitrogen and oxygen atoms in total. The van der Waals surface area contributed by atoms with Crippen molar-refractivity contribution in [1.82, 2.24) is 4.57 Å². The standard InChI is InChI=1S/C24H20ClF4NO4/c1-3-30-12-16(6-9-21(30)31)23(34,24(27,28)29)13(2)17-7-4-14(10-19(17)25)15-5-8-18(22(32)33)20(26)11-15/h4-13,34H,3H2,1-2H3,(H,32,33). The molecule has 0 aliphatic rings. The number of benzene rings is 2. The Bertz CT molecular complexity index is 1300. The Morgan fingerprint density at radius 3 is 2.24 bits per heavy atom. The quantitative estimate of drug-likeness (QED) is 0.436. The van der Waals surface area contributed by atoms with Gasteiger partial charge in [0, 0.05) is 35.3 Å². The highest BCUT2D eigenvalue weighted by atomic mass is 35.5. The molecule has 2 atom stereocenters. The zero-order valence-electron chi connectivity index (χ0n) is 18.0. The summed E-state index contributed by atoms with van der Waals surface area (Å²) in [5, 5.41) is 19.8. The minimum Gasteiger partial charge on any atom is -0.478 e. The van der Waals surface area contributed by atoms with E-state index in [0.29, 0.717) is 5.56 Å². The molecule has 3 aromatic rings. The Kier molecular flexibility index (Phi) is 6.91. The molecule has 34 heavy (non-hydrogen) atoms. The van der Waals surface area contributed by atoms with Gasteiger partial charge >= 0.3 is 12.1 Å². The van der Waals surface area contributed by atoms with Crippen molar-refractivity contribution in [2.75, 3.05) is 0 Å². The number of halogens is 5. The largest absolute Gasteiger partial charge is 0.478 e. The van der Waals surface area contributed by atoms with E-state index in [-0.39, 0.29) is 22.7 Å². The van der Waals surface area contributed by atoms with E-state index in [0.717, 1.165) is 42.0 Å². The van der Waals surface area contributed by atoms with E-state index >= 15 is 0 Å². The van der Waals surface area contributed by atoms with E-state index in [1.165, 1.54) is 24.3 Å². The molecule has 2 N–H and O–H groups in total. The number of carboxylic acids is 1. The first-order valence-corrected chi connectivity index (χ1v) is 10.5. The van der Waals surface area contributed by atoms with Crippen LogP contribution in [0.25, 0.3) is 11.1 Å². The van der Waals surface area contributed by atoms with Gasteiger partial charge < -0.3 is 14.8 Å². The molecule has 0 saturated heterocycles. The fourth-order valence-corrected chi connectivity index (χ4v) is 4.16. The Balaban J connectivity index is 2.08. The summed E-state index contributed by atoms with van der Waals surface area (Å²) in [4.78, 5) is 22.8. The minimum atomic E-state index is -5.11. The summed E-state index contributed by atoms with van der Waals surface area (Å²) < 4.78 is 57.8. The van der Waals surface area contributed by atoms with Gasteiger partial charge in [0.15, 0.2) is 5.60 Å². The van der Waals surface area contributed by atoms with Crippen molar-refractivity contribution in [3.63, 3.8) is 0 Å². The zero-order valence-corrected chi connectivity index (χ0v) is 18.8. The molecule has 0 aliphatic heterocycles. The van der Waals surface area contributed by atoms with Gasteiger partial charge in [0.2, 0.25) is 0 Å². The third kappa shape index (κ3) is 4.45. The zero-order chi connectivity index (χ0) is 25.4. The first kappa shape index (κ1) is 25.5. The molecule has 0 radical (unpaired) electrons. The molecule has 1 aromatic heterocycles. The van der Waals surface area contributed by atoms with Crippen LogP contribution >= 0.6 is 11.6 Å². The van der Waals surface area contributed by atoms with Gasteiger partial charge in [-0.3, -0.25) is 4.79 Å².